The molecule has 84 valence electrons. The molecule has 4 nitrogen and oxygen atoms in total. The monoisotopic (exact) mass is 204 g/mol. The predicted octanol–water partition coefficient (Wildman–Crippen LogP) is 1.73. The van der Waals surface area contributed by atoms with Gasteiger partial charge in [0, 0.05) is 20.6 Å². The van der Waals surface area contributed by atoms with Crippen LogP contribution in [0.4, 0.5) is 0 Å². The van der Waals surface area contributed by atoms with E-state index >= 15 is 0 Å². The minimum absolute atomic E-state index is 0.0705. The van der Waals surface area contributed by atoms with E-state index in [0.29, 0.717) is 12.8 Å². The van der Waals surface area contributed by atoms with E-state index in [9.17, 15) is 4.79 Å². The first-order valence-electron chi connectivity index (χ1n) is 4.73. The van der Waals surface area contributed by atoms with E-state index in [0.717, 1.165) is 0 Å². The third-order valence-electron chi connectivity index (χ3n) is 2.01. The van der Waals surface area contributed by atoms with E-state index in [-0.39, 0.29) is 12.1 Å². The maximum Gasteiger partial charge on any atom is 0.306 e. The van der Waals surface area contributed by atoms with Crippen LogP contribution in [0.25, 0.3) is 0 Å². The number of hydrogen-bond acceptors (Lipinski definition) is 4. The Morgan fingerprint density at radius 2 is 1.79 bits per heavy atom. The number of methoxy groups -OCH3 is 2. The zero-order chi connectivity index (χ0) is 11.2. The van der Waals surface area contributed by atoms with Crippen molar-refractivity contribution in [2.24, 2.45) is 0 Å². The second kappa shape index (κ2) is 5.98. The summed E-state index contributed by atoms with van der Waals surface area (Å²) in [6.07, 6.45) is 0.723. The summed E-state index contributed by atoms with van der Waals surface area (Å²) in [4.78, 5) is 11.2. The molecule has 0 aromatic rings. The van der Waals surface area contributed by atoms with E-state index in [1.165, 1.54) is 0 Å². The Labute approximate surface area is 85.5 Å². The van der Waals surface area contributed by atoms with Crippen LogP contribution >= 0.6 is 0 Å². The quantitative estimate of drug-likeness (QED) is 0.488. The van der Waals surface area contributed by atoms with Gasteiger partial charge in [-0.1, -0.05) is 0 Å². The molecule has 0 rings (SSSR count). The smallest absolute Gasteiger partial charge is 0.306 e. The summed E-state index contributed by atoms with van der Waals surface area (Å²) >= 11 is 0. The van der Waals surface area contributed by atoms with Crippen molar-refractivity contribution in [1.82, 2.24) is 0 Å². The van der Waals surface area contributed by atoms with Gasteiger partial charge >= 0.3 is 5.97 Å². The van der Waals surface area contributed by atoms with Gasteiger partial charge < -0.3 is 14.2 Å². The van der Waals surface area contributed by atoms with Gasteiger partial charge in [0.05, 0.1) is 12.5 Å². The van der Waals surface area contributed by atoms with Crippen molar-refractivity contribution >= 4 is 5.97 Å². The van der Waals surface area contributed by atoms with Crippen LogP contribution in [-0.2, 0) is 19.0 Å². The first-order chi connectivity index (χ1) is 6.43. The van der Waals surface area contributed by atoms with Crippen LogP contribution < -0.4 is 0 Å². The Morgan fingerprint density at radius 1 is 1.29 bits per heavy atom. The van der Waals surface area contributed by atoms with E-state index in [2.05, 4.69) is 0 Å². The van der Waals surface area contributed by atoms with Crippen LogP contribution in [0.3, 0.4) is 0 Å². The zero-order valence-electron chi connectivity index (χ0n) is 9.62. The van der Waals surface area contributed by atoms with Crippen molar-refractivity contribution in [3.63, 3.8) is 0 Å². The molecule has 0 spiro atoms. The Hall–Kier alpha value is -0.610. The largest absolute Gasteiger partial charge is 0.463 e. The average Bonchev–Trinajstić information content (AvgIpc) is 2.13. The second-order valence-electron chi connectivity index (χ2n) is 3.58. The highest BCUT2D eigenvalue weighted by Gasteiger charge is 2.24. The lowest BCUT2D eigenvalue weighted by atomic mass is 10.1. The molecule has 0 aliphatic heterocycles. The second-order valence-corrected chi connectivity index (χ2v) is 3.58. The molecule has 0 heterocycles. The first kappa shape index (κ1) is 13.4. The average molecular weight is 204 g/mol. The lowest BCUT2D eigenvalue weighted by Gasteiger charge is -2.25. The molecule has 0 atom stereocenters. The Morgan fingerprint density at radius 3 is 2.14 bits per heavy atom. The van der Waals surface area contributed by atoms with Gasteiger partial charge in [-0.15, -0.1) is 0 Å². The van der Waals surface area contributed by atoms with Crippen molar-refractivity contribution in [3.8, 4) is 0 Å². The number of esters is 1. The number of hydrogen-bond donors (Lipinski definition) is 0. The van der Waals surface area contributed by atoms with Crippen LogP contribution in [-0.4, -0.2) is 32.1 Å². The fraction of sp³-hybridized carbons (Fsp3) is 0.900. The molecule has 0 radical (unpaired) electrons. The highest BCUT2D eigenvalue weighted by molar-refractivity contribution is 5.69. The Balaban J connectivity index is 3.86. The van der Waals surface area contributed by atoms with Crippen LogP contribution in [0.2, 0.25) is 0 Å². The summed E-state index contributed by atoms with van der Waals surface area (Å²) in [5.74, 6) is -0.920. The van der Waals surface area contributed by atoms with Gasteiger partial charge in [-0.3, -0.25) is 4.79 Å². The molecule has 4 heteroatoms. The highest BCUT2D eigenvalue weighted by atomic mass is 16.7. The summed E-state index contributed by atoms with van der Waals surface area (Å²) in [5, 5.41) is 0. The highest BCUT2D eigenvalue weighted by Crippen LogP contribution is 2.17. The van der Waals surface area contributed by atoms with Gasteiger partial charge in [0.2, 0.25) is 0 Å². The molecule has 0 N–H and O–H groups in total. The van der Waals surface area contributed by atoms with E-state index in [1.807, 2.05) is 13.8 Å². The van der Waals surface area contributed by atoms with Crippen LogP contribution in [0.5, 0.6) is 0 Å². The summed E-state index contributed by atoms with van der Waals surface area (Å²) in [6, 6.07) is 0. The fourth-order valence-corrected chi connectivity index (χ4v) is 0.938. The minimum Gasteiger partial charge on any atom is -0.463 e. The third-order valence-corrected chi connectivity index (χ3v) is 2.01. The predicted molar refractivity (Wildman–Crippen MR) is 52.9 cm³/mol. The van der Waals surface area contributed by atoms with Gasteiger partial charge in [0.25, 0.3) is 0 Å². The van der Waals surface area contributed by atoms with Crippen LogP contribution in [0.1, 0.15) is 33.6 Å². The summed E-state index contributed by atoms with van der Waals surface area (Å²) < 4.78 is 15.2. The van der Waals surface area contributed by atoms with Crippen molar-refractivity contribution < 1.29 is 19.0 Å². The van der Waals surface area contributed by atoms with Crippen LogP contribution in [0.15, 0.2) is 0 Å². The molecule has 0 amide bonds. The minimum atomic E-state index is -0.698. The van der Waals surface area contributed by atoms with Gasteiger partial charge in [-0.25, -0.2) is 0 Å². The maximum atomic E-state index is 11.2. The van der Waals surface area contributed by atoms with Crippen molar-refractivity contribution in [1.29, 1.82) is 0 Å². The molecule has 14 heavy (non-hydrogen) atoms. The molecule has 0 aliphatic carbocycles. The van der Waals surface area contributed by atoms with Crippen LogP contribution in [0, 0.1) is 0 Å². The molecule has 0 saturated heterocycles. The number of ether oxygens (including phenoxy) is 3. The SMILES string of the molecule is COC(C)(CCC(=O)OC(C)C)OC. The van der Waals surface area contributed by atoms with E-state index < -0.39 is 5.79 Å². The lowest BCUT2D eigenvalue weighted by Crippen LogP contribution is -2.30. The standard InChI is InChI=1S/C10H20O4/c1-8(2)14-9(11)6-7-10(3,12-4)13-5/h8H,6-7H2,1-5H3. The molecule has 0 fully saturated rings. The van der Waals surface area contributed by atoms with Crippen molar-refractivity contribution in [2.75, 3.05) is 14.2 Å². The molecule has 0 aliphatic rings. The molecule has 0 unspecified atom stereocenters. The zero-order valence-corrected chi connectivity index (χ0v) is 9.62. The fourth-order valence-electron chi connectivity index (χ4n) is 0.938. The molecule has 0 aromatic carbocycles. The summed E-state index contributed by atoms with van der Waals surface area (Å²) in [6.45, 7) is 5.43. The summed E-state index contributed by atoms with van der Waals surface area (Å²) in [5.41, 5.74) is 0. The molecular weight excluding hydrogens is 184 g/mol. The number of rotatable bonds is 6. The maximum absolute atomic E-state index is 11.2. The normalized spacial score (nSPS) is 11.9. The van der Waals surface area contributed by atoms with Gasteiger partial charge in [-0.2, -0.15) is 0 Å². The molecule has 0 aromatic heterocycles. The lowest BCUT2D eigenvalue weighted by molar-refractivity contribution is -0.200. The van der Waals surface area contributed by atoms with Gasteiger partial charge in [0.1, 0.15) is 0 Å². The number of carbonyl (C=O) groups is 1. The third kappa shape index (κ3) is 5.19. The van der Waals surface area contributed by atoms with Gasteiger partial charge in [-0.05, 0) is 20.8 Å². The molecular formula is C10H20O4. The Kier molecular flexibility index (Phi) is 5.72. The van der Waals surface area contributed by atoms with Crippen molar-refractivity contribution in [2.45, 2.75) is 45.5 Å². The van der Waals surface area contributed by atoms with Crippen molar-refractivity contribution in [3.05, 3.63) is 0 Å². The van der Waals surface area contributed by atoms with E-state index in [1.54, 1.807) is 21.1 Å². The number of carbonyl (C=O) groups excluding carboxylic acids is 1. The molecule has 0 saturated carbocycles. The van der Waals surface area contributed by atoms with E-state index in [4.69, 9.17) is 14.2 Å². The molecule has 0 bridgehead atoms. The topological polar surface area (TPSA) is 44.8 Å². The summed E-state index contributed by atoms with van der Waals surface area (Å²) in [7, 11) is 3.11. The first-order valence-corrected chi connectivity index (χ1v) is 4.73. The van der Waals surface area contributed by atoms with Gasteiger partial charge in [0.15, 0.2) is 5.79 Å². The Bertz CT molecular complexity index is 173.